The maximum Gasteiger partial charge on any atom is 0.267 e. The maximum absolute atomic E-state index is 13.7. The van der Waals surface area contributed by atoms with Gasteiger partial charge in [0.1, 0.15) is 4.83 Å². The Labute approximate surface area is 193 Å². The summed E-state index contributed by atoms with van der Waals surface area (Å²) in [6.45, 7) is 0. The first-order valence-corrected chi connectivity index (χ1v) is 12.3. The molecule has 2 aromatic carbocycles. The van der Waals surface area contributed by atoms with Crippen molar-refractivity contribution >= 4 is 44.9 Å². The smallest absolute Gasteiger partial charge is 0.267 e. The highest BCUT2D eigenvalue weighted by atomic mass is 35.5. The molecule has 2 aromatic heterocycles. The number of thioether (sulfide) groups is 1. The first-order chi connectivity index (χ1) is 15.1. The SMILES string of the molecule is N#Cc1ccc(CSc2nc3sc4c(c3c(=O)n2-c2ccc(Cl)cc2)CCCC4)cc1. The van der Waals surface area contributed by atoms with E-state index in [1.807, 2.05) is 36.4 Å². The van der Waals surface area contributed by atoms with Crippen molar-refractivity contribution < 1.29 is 0 Å². The third-order valence-electron chi connectivity index (χ3n) is 5.49. The van der Waals surface area contributed by atoms with Crippen molar-refractivity contribution in [3.8, 4) is 11.8 Å². The maximum atomic E-state index is 13.7. The van der Waals surface area contributed by atoms with E-state index in [1.54, 1.807) is 28.0 Å². The zero-order valence-electron chi connectivity index (χ0n) is 16.6. The summed E-state index contributed by atoms with van der Waals surface area (Å²) in [5, 5.41) is 11.1. The van der Waals surface area contributed by atoms with Gasteiger partial charge in [-0.15, -0.1) is 11.3 Å². The molecule has 0 saturated carbocycles. The van der Waals surface area contributed by atoms with Crippen molar-refractivity contribution in [2.24, 2.45) is 0 Å². The molecule has 0 amide bonds. The quantitative estimate of drug-likeness (QED) is 0.269. The molecule has 0 aliphatic heterocycles. The molecule has 154 valence electrons. The van der Waals surface area contributed by atoms with Crippen LogP contribution in [-0.4, -0.2) is 9.55 Å². The minimum Gasteiger partial charge on any atom is -0.268 e. The van der Waals surface area contributed by atoms with Crippen molar-refractivity contribution in [3.63, 3.8) is 0 Å². The van der Waals surface area contributed by atoms with Crippen molar-refractivity contribution in [1.29, 1.82) is 5.26 Å². The Bertz CT molecular complexity index is 1370. The summed E-state index contributed by atoms with van der Waals surface area (Å²) < 4.78 is 1.72. The predicted molar refractivity (Wildman–Crippen MR) is 128 cm³/mol. The molecular formula is C24H18ClN3OS2. The number of nitrogens with zero attached hydrogens (tertiary/aromatic N) is 3. The molecule has 0 radical (unpaired) electrons. The average molecular weight is 464 g/mol. The Kier molecular flexibility index (Phi) is 5.58. The zero-order chi connectivity index (χ0) is 21.4. The summed E-state index contributed by atoms with van der Waals surface area (Å²) in [4.78, 5) is 20.8. The molecule has 0 atom stereocenters. The van der Waals surface area contributed by atoms with Gasteiger partial charge in [0.2, 0.25) is 0 Å². The lowest BCUT2D eigenvalue weighted by Crippen LogP contribution is -2.22. The number of benzene rings is 2. The number of thiophene rings is 1. The van der Waals surface area contributed by atoms with E-state index >= 15 is 0 Å². The molecule has 4 nitrogen and oxygen atoms in total. The Balaban J connectivity index is 1.62. The van der Waals surface area contributed by atoms with Crippen LogP contribution in [-0.2, 0) is 18.6 Å². The molecule has 0 fully saturated rings. The van der Waals surface area contributed by atoms with Gasteiger partial charge >= 0.3 is 0 Å². The molecule has 0 unspecified atom stereocenters. The number of aromatic nitrogens is 2. The molecule has 0 spiro atoms. The van der Waals surface area contributed by atoms with Crippen LogP contribution >= 0.6 is 34.7 Å². The predicted octanol–water partition coefficient (Wildman–Crippen LogP) is 6.14. The number of halogens is 1. The summed E-state index contributed by atoms with van der Waals surface area (Å²) in [6, 6.07) is 17.0. The van der Waals surface area contributed by atoms with E-state index in [2.05, 4.69) is 6.07 Å². The lowest BCUT2D eigenvalue weighted by molar-refractivity contribution is 0.699. The second kappa shape index (κ2) is 8.51. The van der Waals surface area contributed by atoms with E-state index in [-0.39, 0.29) is 5.56 Å². The van der Waals surface area contributed by atoms with E-state index in [9.17, 15) is 4.79 Å². The summed E-state index contributed by atoms with van der Waals surface area (Å²) in [5.74, 6) is 0.655. The second-order valence-corrected chi connectivity index (χ2v) is 9.96. The van der Waals surface area contributed by atoms with E-state index in [0.717, 1.165) is 40.7 Å². The lowest BCUT2D eigenvalue weighted by Gasteiger charge is -2.14. The molecule has 1 aliphatic carbocycles. The summed E-state index contributed by atoms with van der Waals surface area (Å²) in [5.41, 5.74) is 3.66. The van der Waals surface area contributed by atoms with Crippen LogP contribution in [0, 0.1) is 11.3 Å². The number of hydrogen-bond acceptors (Lipinski definition) is 5. The largest absolute Gasteiger partial charge is 0.268 e. The first kappa shape index (κ1) is 20.3. The minimum atomic E-state index is -0.00551. The molecule has 0 bridgehead atoms. The molecule has 0 saturated heterocycles. The Hall–Kier alpha value is -2.59. The van der Waals surface area contributed by atoms with Crippen LogP contribution in [0.4, 0.5) is 0 Å². The Morgan fingerprint density at radius 1 is 1.10 bits per heavy atom. The van der Waals surface area contributed by atoms with Gasteiger partial charge in [-0.3, -0.25) is 9.36 Å². The third-order valence-corrected chi connectivity index (χ3v) is 7.94. The van der Waals surface area contributed by atoms with Gasteiger partial charge in [0.05, 0.1) is 22.7 Å². The van der Waals surface area contributed by atoms with E-state index < -0.39 is 0 Å². The molecule has 2 heterocycles. The van der Waals surface area contributed by atoms with Crippen molar-refractivity contribution in [2.45, 2.75) is 36.6 Å². The summed E-state index contributed by atoms with van der Waals surface area (Å²) in [6.07, 6.45) is 4.27. The molecule has 1 aliphatic rings. The molecular weight excluding hydrogens is 446 g/mol. The van der Waals surface area contributed by atoms with Gasteiger partial charge in [0, 0.05) is 15.7 Å². The zero-order valence-corrected chi connectivity index (χ0v) is 19.0. The van der Waals surface area contributed by atoms with Crippen molar-refractivity contribution in [2.75, 3.05) is 0 Å². The van der Waals surface area contributed by atoms with Crippen molar-refractivity contribution in [1.82, 2.24) is 9.55 Å². The molecule has 7 heteroatoms. The second-order valence-electron chi connectivity index (χ2n) is 7.50. The molecule has 31 heavy (non-hydrogen) atoms. The van der Waals surface area contributed by atoms with E-state index in [1.165, 1.54) is 28.6 Å². The third kappa shape index (κ3) is 3.89. The minimum absolute atomic E-state index is 0.00551. The van der Waals surface area contributed by atoms with Gasteiger partial charge in [-0.2, -0.15) is 5.26 Å². The average Bonchev–Trinajstić information content (AvgIpc) is 3.17. The summed E-state index contributed by atoms with van der Waals surface area (Å²) >= 11 is 9.28. The Morgan fingerprint density at radius 2 is 1.84 bits per heavy atom. The van der Waals surface area contributed by atoms with Crippen LogP contribution in [0.1, 0.15) is 34.4 Å². The Morgan fingerprint density at radius 3 is 2.58 bits per heavy atom. The molecule has 5 rings (SSSR count). The van der Waals surface area contributed by atoms with Gasteiger partial charge in [0.15, 0.2) is 5.16 Å². The highest BCUT2D eigenvalue weighted by Crippen LogP contribution is 2.35. The van der Waals surface area contributed by atoms with Crippen LogP contribution in [0.2, 0.25) is 5.02 Å². The van der Waals surface area contributed by atoms with Gasteiger partial charge < -0.3 is 0 Å². The number of nitriles is 1. The van der Waals surface area contributed by atoms with Crippen LogP contribution < -0.4 is 5.56 Å². The van der Waals surface area contributed by atoms with E-state index in [0.29, 0.717) is 21.5 Å². The number of fused-ring (bicyclic) bond motifs is 3. The summed E-state index contributed by atoms with van der Waals surface area (Å²) in [7, 11) is 0. The van der Waals surface area contributed by atoms with Crippen LogP contribution in [0.25, 0.3) is 15.9 Å². The van der Waals surface area contributed by atoms with E-state index in [4.69, 9.17) is 21.8 Å². The fourth-order valence-corrected chi connectivity index (χ4v) is 6.32. The van der Waals surface area contributed by atoms with Gasteiger partial charge in [-0.05, 0) is 73.2 Å². The van der Waals surface area contributed by atoms with Crippen molar-refractivity contribution in [3.05, 3.63) is 85.5 Å². The fourth-order valence-electron chi connectivity index (χ4n) is 3.92. The number of aryl methyl sites for hydroxylation is 2. The first-order valence-electron chi connectivity index (χ1n) is 10.1. The molecule has 0 N–H and O–H groups in total. The normalized spacial score (nSPS) is 13.2. The monoisotopic (exact) mass is 463 g/mol. The van der Waals surface area contributed by atoms with Crippen LogP contribution in [0.3, 0.4) is 0 Å². The number of hydrogen-bond donors (Lipinski definition) is 0. The highest BCUT2D eigenvalue weighted by Gasteiger charge is 2.23. The highest BCUT2D eigenvalue weighted by molar-refractivity contribution is 7.98. The van der Waals surface area contributed by atoms with Crippen LogP contribution in [0.15, 0.2) is 58.5 Å². The topological polar surface area (TPSA) is 58.7 Å². The standard InChI is InChI=1S/C24H18ClN3OS2/c25-17-9-11-18(12-10-17)28-23(29)21-19-3-1-2-4-20(19)31-22(21)27-24(28)30-14-16-7-5-15(13-26)6-8-16/h5-12H,1-4,14H2. The fraction of sp³-hybridized carbons (Fsp3) is 0.208. The lowest BCUT2D eigenvalue weighted by atomic mass is 9.97. The van der Waals surface area contributed by atoms with Gasteiger partial charge in [-0.25, -0.2) is 4.98 Å². The molecule has 4 aromatic rings. The van der Waals surface area contributed by atoms with Crippen LogP contribution in [0.5, 0.6) is 0 Å². The van der Waals surface area contributed by atoms with Gasteiger partial charge in [0.25, 0.3) is 5.56 Å². The van der Waals surface area contributed by atoms with Gasteiger partial charge in [-0.1, -0.05) is 35.5 Å². The number of rotatable bonds is 4.